The lowest BCUT2D eigenvalue weighted by atomic mass is 9.91. The molecule has 0 bridgehead atoms. The van der Waals surface area contributed by atoms with Crippen LogP contribution < -0.4 is 0 Å². The molecule has 1 saturated heterocycles. The fraction of sp³-hybridized carbons (Fsp3) is 0.348. The van der Waals surface area contributed by atoms with Crippen molar-refractivity contribution in [3.05, 3.63) is 70.8 Å². The first kappa shape index (κ1) is 19.2. The zero-order chi connectivity index (χ0) is 20.7. The molecular formula is C23H21ClFN3O2. The van der Waals surface area contributed by atoms with Gasteiger partial charge in [0, 0.05) is 23.7 Å². The van der Waals surface area contributed by atoms with Crippen LogP contribution in [0.25, 0.3) is 11.4 Å². The molecule has 2 heterocycles. The summed E-state index contributed by atoms with van der Waals surface area (Å²) in [6.45, 7) is 1.29. The van der Waals surface area contributed by atoms with E-state index in [-0.39, 0.29) is 17.6 Å². The quantitative estimate of drug-likeness (QED) is 0.592. The maximum absolute atomic E-state index is 13.5. The molecule has 30 heavy (non-hydrogen) atoms. The Balaban J connectivity index is 1.33. The molecule has 2 aliphatic rings. The Hall–Kier alpha value is -2.73. The molecule has 7 heteroatoms. The smallest absolute Gasteiger partial charge is 0.233 e. The van der Waals surface area contributed by atoms with Crippen LogP contribution >= 0.6 is 11.6 Å². The second-order valence-corrected chi connectivity index (χ2v) is 8.58. The fourth-order valence-electron chi connectivity index (χ4n) is 4.33. The number of carbonyl (C=O) groups is 1. The highest BCUT2D eigenvalue weighted by atomic mass is 35.5. The number of carbonyl (C=O) groups excluding carboxylic acids is 1. The molecule has 1 unspecified atom stereocenters. The average molecular weight is 426 g/mol. The lowest BCUT2D eigenvalue weighted by molar-refractivity contribution is -0.135. The molecule has 1 aliphatic heterocycles. The highest BCUT2D eigenvalue weighted by Gasteiger charge is 2.53. The van der Waals surface area contributed by atoms with Crippen molar-refractivity contribution in [2.45, 2.75) is 37.0 Å². The van der Waals surface area contributed by atoms with Crippen LogP contribution in [0.5, 0.6) is 0 Å². The van der Waals surface area contributed by atoms with Gasteiger partial charge in [-0.15, -0.1) is 0 Å². The minimum absolute atomic E-state index is 0.0153. The van der Waals surface area contributed by atoms with Gasteiger partial charge in [-0.2, -0.15) is 4.98 Å². The zero-order valence-corrected chi connectivity index (χ0v) is 17.1. The number of nitrogens with zero attached hydrogens (tertiary/aromatic N) is 3. The Kier molecular flexibility index (Phi) is 4.82. The summed E-state index contributed by atoms with van der Waals surface area (Å²) in [6, 6.07) is 13.7. The number of piperidine rings is 1. The normalized spacial score (nSPS) is 20.2. The number of amides is 1. The monoisotopic (exact) mass is 425 g/mol. The maximum Gasteiger partial charge on any atom is 0.233 e. The van der Waals surface area contributed by atoms with E-state index < -0.39 is 5.41 Å². The highest BCUT2D eigenvalue weighted by molar-refractivity contribution is 6.30. The summed E-state index contributed by atoms with van der Waals surface area (Å²) in [7, 11) is 0. The molecule has 1 saturated carbocycles. The van der Waals surface area contributed by atoms with E-state index >= 15 is 0 Å². The Morgan fingerprint density at radius 2 is 2.00 bits per heavy atom. The largest absolute Gasteiger partial charge is 0.341 e. The average Bonchev–Trinajstić information content (AvgIpc) is 3.42. The summed E-state index contributed by atoms with van der Waals surface area (Å²) in [4.78, 5) is 19.8. The lowest BCUT2D eigenvalue weighted by Crippen LogP contribution is -2.44. The van der Waals surface area contributed by atoms with Crippen molar-refractivity contribution in [1.29, 1.82) is 0 Å². The van der Waals surface area contributed by atoms with Gasteiger partial charge in [-0.1, -0.05) is 41.0 Å². The molecule has 0 N–H and O–H groups in total. The molecule has 0 radical (unpaired) electrons. The van der Waals surface area contributed by atoms with Gasteiger partial charge in [0.05, 0.1) is 11.3 Å². The van der Waals surface area contributed by atoms with Crippen LogP contribution in [-0.4, -0.2) is 34.0 Å². The van der Waals surface area contributed by atoms with E-state index in [0.29, 0.717) is 28.8 Å². The van der Waals surface area contributed by atoms with Crippen LogP contribution in [-0.2, 0) is 10.2 Å². The van der Waals surface area contributed by atoms with Gasteiger partial charge in [0.15, 0.2) is 0 Å². The fourth-order valence-corrected chi connectivity index (χ4v) is 4.46. The molecule has 2 fully saturated rings. The van der Waals surface area contributed by atoms with Crippen LogP contribution in [0.1, 0.15) is 43.1 Å². The second-order valence-electron chi connectivity index (χ2n) is 8.15. The van der Waals surface area contributed by atoms with Crippen molar-refractivity contribution in [2.24, 2.45) is 0 Å². The first-order valence-corrected chi connectivity index (χ1v) is 10.6. The van der Waals surface area contributed by atoms with Gasteiger partial charge in [0.25, 0.3) is 0 Å². The Bertz CT molecular complexity index is 1080. The summed E-state index contributed by atoms with van der Waals surface area (Å²) in [5.74, 6) is 0.680. The SMILES string of the molecule is O=C(N1CCCC(c2nc(-c3cccc(F)c3)no2)C1)C1(c2ccc(Cl)cc2)CC1. The number of hydrogen-bond acceptors (Lipinski definition) is 4. The molecule has 1 aromatic heterocycles. The Morgan fingerprint density at radius 3 is 2.73 bits per heavy atom. The first-order chi connectivity index (χ1) is 14.5. The van der Waals surface area contributed by atoms with E-state index in [0.717, 1.165) is 37.8 Å². The van der Waals surface area contributed by atoms with Crippen LogP contribution in [0.3, 0.4) is 0 Å². The summed E-state index contributed by atoms with van der Waals surface area (Å²) < 4.78 is 19.0. The van der Waals surface area contributed by atoms with Crippen molar-refractivity contribution in [2.75, 3.05) is 13.1 Å². The molecular weight excluding hydrogens is 405 g/mol. The molecule has 154 valence electrons. The number of hydrogen-bond donors (Lipinski definition) is 0. The van der Waals surface area contributed by atoms with E-state index in [9.17, 15) is 9.18 Å². The van der Waals surface area contributed by atoms with Gasteiger partial charge in [-0.3, -0.25) is 4.79 Å². The van der Waals surface area contributed by atoms with Gasteiger partial charge >= 0.3 is 0 Å². The molecule has 1 aliphatic carbocycles. The van der Waals surface area contributed by atoms with Crippen LogP contribution in [0.4, 0.5) is 4.39 Å². The van der Waals surface area contributed by atoms with E-state index in [1.54, 1.807) is 12.1 Å². The van der Waals surface area contributed by atoms with Gasteiger partial charge in [-0.25, -0.2) is 4.39 Å². The van der Waals surface area contributed by atoms with Crippen LogP contribution in [0, 0.1) is 5.82 Å². The molecule has 3 aromatic rings. The molecule has 5 nitrogen and oxygen atoms in total. The van der Waals surface area contributed by atoms with Crippen LogP contribution in [0.2, 0.25) is 5.02 Å². The standard InChI is InChI=1S/C23H21ClFN3O2/c24-18-8-6-17(7-9-18)23(10-11-23)22(29)28-12-2-4-16(14-28)21-26-20(27-30-21)15-3-1-5-19(25)13-15/h1,3,5-9,13,16H,2,4,10-12,14H2. The van der Waals surface area contributed by atoms with E-state index in [1.807, 2.05) is 29.2 Å². The van der Waals surface area contributed by atoms with Crippen molar-refractivity contribution in [3.8, 4) is 11.4 Å². The summed E-state index contributed by atoms with van der Waals surface area (Å²) >= 11 is 6.01. The van der Waals surface area contributed by atoms with Gasteiger partial charge in [0.2, 0.25) is 17.6 Å². The third kappa shape index (κ3) is 3.49. The van der Waals surface area contributed by atoms with Crippen LogP contribution in [0.15, 0.2) is 53.1 Å². The van der Waals surface area contributed by atoms with Crippen molar-refractivity contribution >= 4 is 17.5 Å². The molecule has 0 spiro atoms. The van der Waals surface area contributed by atoms with Crippen molar-refractivity contribution < 1.29 is 13.7 Å². The lowest BCUT2D eigenvalue weighted by Gasteiger charge is -2.34. The minimum Gasteiger partial charge on any atom is -0.341 e. The molecule has 1 amide bonds. The zero-order valence-electron chi connectivity index (χ0n) is 16.4. The Labute approximate surface area is 178 Å². The number of likely N-dealkylation sites (tertiary alicyclic amines) is 1. The van der Waals surface area contributed by atoms with E-state index in [2.05, 4.69) is 10.1 Å². The molecule has 5 rings (SSSR count). The van der Waals surface area contributed by atoms with E-state index in [1.165, 1.54) is 12.1 Å². The summed E-state index contributed by atoms with van der Waals surface area (Å²) in [5, 5.41) is 4.69. The predicted molar refractivity (Wildman–Crippen MR) is 111 cm³/mol. The topological polar surface area (TPSA) is 59.2 Å². The van der Waals surface area contributed by atoms with E-state index in [4.69, 9.17) is 16.1 Å². The third-order valence-electron chi connectivity index (χ3n) is 6.14. The van der Waals surface area contributed by atoms with Gasteiger partial charge < -0.3 is 9.42 Å². The first-order valence-electron chi connectivity index (χ1n) is 10.2. The number of halogens is 2. The highest BCUT2D eigenvalue weighted by Crippen LogP contribution is 2.50. The second kappa shape index (κ2) is 7.51. The Morgan fingerprint density at radius 1 is 1.20 bits per heavy atom. The van der Waals surface area contributed by atoms with Crippen molar-refractivity contribution in [3.63, 3.8) is 0 Å². The summed E-state index contributed by atoms with van der Waals surface area (Å²) in [6.07, 6.45) is 3.48. The van der Waals surface area contributed by atoms with Gasteiger partial charge in [-0.05, 0) is 55.5 Å². The molecule has 2 aromatic carbocycles. The van der Waals surface area contributed by atoms with Gasteiger partial charge in [0.1, 0.15) is 5.82 Å². The third-order valence-corrected chi connectivity index (χ3v) is 6.39. The number of benzene rings is 2. The number of aromatic nitrogens is 2. The predicted octanol–water partition coefficient (Wildman–Crippen LogP) is 4.97. The summed E-state index contributed by atoms with van der Waals surface area (Å²) in [5.41, 5.74) is 1.19. The minimum atomic E-state index is -0.423. The number of rotatable bonds is 4. The molecule has 1 atom stereocenters. The van der Waals surface area contributed by atoms with Crippen molar-refractivity contribution in [1.82, 2.24) is 15.0 Å². The maximum atomic E-state index is 13.5.